The number of ether oxygens (including phenoxy) is 2. The number of halogens is 2. The van der Waals surface area contributed by atoms with Crippen molar-refractivity contribution in [1.29, 1.82) is 0 Å². The van der Waals surface area contributed by atoms with Crippen molar-refractivity contribution >= 4 is 34.9 Å². The van der Waals surface area contributed by atoms with Gasteiger partial charge in [-0.2, -0.15) is 0 Å². The van der Waals surface area contributed by atoms with E-state index >= 15 is 0 Å². The molecule has 0 saturated heterocycles. The van der Waals surface area contributed by atoms with E-state index in [2.05, 4.69) is 0 Å². The largest absolute Gasteiger partial charge is 0.462 e. The van der Waals surface area contributed by atoms with Crippen LogP contribution >= 0.6 is 23.2 Å². The van der Waals surface area contributed by atoms with Gasteiger partial charge in [0.25, 0.3) is 5.69 Å². The third-order valence-electron chi connectivity index (χ3n) is 2.90. The van der Waals surface area contributed by atoms with Crippen LogP contribution in [0.1, 0.15) is 23.7 Å². The highest BCUT2D eigenvalue weighted by atomic mass is 35.5. The van der Waals surface area contributed by atoms with E-state index in [4.69, 9.17) is 32.7 Å². The monoisotopic (exact) mass is 369 g/mol. The summed E-state index contributed by atoms with van der Waals surface area (Å²) in [5.41, 5.74) is -0.265. The third-order valence-corrected chi connectivity index (χ3v) is 3.43. The predicted molar refractivity (Wildman–Crippen MR) is 90.2 cm³/mol. The Morgan fingerprint density at radius 2 is 1.96 bits per heavy atom. The molecule has 0 fully saturated rings. The smallest absolute Gasteiger partial charge is 0.338 e. The number of rotatable bonds is 6. The van der Waals surface area contributed by atoms with Crippen LogP contribution in [0.2, 0.25) is 10.0 Å². The lowest BCUT2D eigenvalue weighted by Crippen LogP contribution is -2.06. The lowest BCUT2D eigenvalue weighted by atomic mass is 10.2. The van der Waals surface area contributed by atoms with Crippen molar-refractivity contribution in [2.45, 2.75) is 13.3 Å². The zero-order valence-corrected chi connectivity index (χ0v) is 14.1. The maximum absolute atomic E-state index is 12.0. The lowest BCUT2D eigenvalue weighted by Gasteiger charge is -2.09. The molecule has 0 bridgehead atoms. The second kappa shape index (κ2) is 7.99. The summed E-state index contributed by atoms with van der Waals surface area (Å²) >= 11 is 11.8. The number of hydrogen-bond acceptors (Lipinski definition) is 5. The van der Waals surface area contributed by atoms with Gasteiger partial charge in [-0.25, -0.2) is 4.79 Å². The van der Waals surface area contributed by atoms with Gasteiger partial charge in [0.1, 0.15) is 11.5 Å². The summed E-state index contributed by atoms with van der Waals surface area (Å²) in [5, 5.41) is 11.7. The maximum Gasteiger partial charge on any atom is 0.338 e. The van der Waals surface area contributed by atoms with E-state index in [1.165, 1.54) is 24.3 Å². The number of benzene rings is 2. The van der Waals surface area contributed by atoms with E-state index in [0.29, 0.717) is 11.4 Å². The molecule has 0 aromatic heterocycles. The van der Waals surface area contributed by atoms with Crippen LogP contribution in [0, 0.1) is 10.1 Å². The summed E-state index contributed by atoms with van der Waals surface area (Å²) in [4.78, 5) is 22.4. The Labute approximate surface area is 148 Å². The minimum atomic E-state index is -0.660. The Hall–Kier alpha value is -2.31. The number of hydrogen-bond donors (Lipinski definition) is 0. The number of nitro groups is 1. The van der Waals surface area contributed by atoms with Crippen molar-refractivity contribution in [3.63, 3.8) is 0 Å². The molecule has 2 rings (SSSR count). The fourth-order valence-electron chi connectivity index (χ4n) is 1.83. The van der Waals surface area contributed by atoms with E-state index in [1.54, 1.807) is 6.07 Å². The first-order valence-electron chi connectivity index (χ1n) is 7.00. The van der Waals surface area contributed by atoms with Gasteiger partial charge < -0.3 is 9.47 Å². The number of carbonyl (C=O) groups excluding carboxylic acids is 1. The summed E-state index contributed by atoms with van der Waals surface area (Å²) < 4.78 is 10.5. The standard InChI is InChI=1S/C16H13Cl2NO5/c1-2-5-23-16(20)10-6-12(19(21)22)9-13(7-10)24-15-4-3-11(17)8-14(15)18/h3-4,6-9H,2,5H2,1H3. The van der Waals surface area contributed by atoms with Crippen molar-refractivity contribution in [2.75, 3.05) is 6.61 Å². The van der Waals surface area contributed by atoms with Crippen LogP contribution in [0.4, 0.5) is 5.69 Å². The molecule has 0 spiro atoms. The average Bonchev–Trinajstić information content (AvgIpc) is 2.55. The molecule has 0 radical (unpaired) electrons. The van der Waals surface area contributed by atoms with Crippen molar-refractivity contribution in [2.24, 2.45) is 0 Å². The van der Waals surface area contributed by atoms with E-state index in [1.807, 2.05) is 6.92 Å². The Bertz CT molecular complexity index is 779. The summed E-state index contributed by atoms with van der Waals surface area (Å²) in [7, 11) is 0. The van der Waals surface area contributed by atoms with E-state index in [0.717, 1.165) is 6.07 Å². The minimum Gasteiger partial charge on any atom is -0.462 e. The summed E-state index contributed by atoms with van der Waals surface area (Å²) in [5.74, 6) is -0.307. The van der Waals surface area contributed by atoms with Gasteiger partial charge in [0.2, 0.25) is 0 Å². The van der Waals surface area contributed by atoms with Crippen molar-refractivity contribution in [3.8, 4) is 11.5 Å². The summed E-state index contributed by atoms with van der Waals surface area (Å²) in [6.45, 7) is 2.07. The first kappa shape index (κ1) is 18.0. The highest BCUT2D eigenvalue weighted by molar-refractivity contribution is 6.35. The van der Waals surface area contributed by atoms with Gasteiger partial charge >= 0.3 is 5.97 Å². The predicted octanol–water partition coefficient (Wildman–Crippen LogP) is 5.26. The first-order chi connectivity index (χ1) is 11.4. The Morgan fingerprint density at radius 1 is 1.21 bits per heavy atom. The van der Waals surface area contributed by atoms with Gasteiger partial charge in [0.05, 0.1) is 28.2 Å². The molecule has 0 heterocycles. The zero-order chi connectivity index (χ0) is 17.7. The number of nitrogens with zero attached hydrogens (tertiary/aromatic N) is 1. The molecular weight excluding hydrogens is 357 g/mol. The molecule has 2 aromatic carbocycles. The van der Waals surface area contributed by atoms with Gasteiger partial charge in [0, 0.05) is 11.1 Å². The fourth-order valence-corrected chi connectivity index (χ4v) is 2.28. The zero-order valence-electron chi connectivity index (χ0n) is 12.6. The van der Waals surface area contributed by atoms with Crippen LogP contribution in [-0.2, 0) is 4.74 Å². The van der Waals surface area contributed by atoms with Gasteiger partial charge in [-0.15, -0.1) is 0 Å². The molecule has 2 aromatic rings. The topological polar surface area (TPSA) is 78.7 Å². The van der Waals surface area contributed by atoms with Crippen LogP contribution in [0.5, 0.6) is 11.5 Å². The van der Waals surface area contributed by atoms with Gasteiger partial charge in [-0.3, -0.25) is 10.1 Å². The molecule has 6 nitrogen and oxygen atoms in total. The van der Waals surface area contributed by atoms with Gasteiger partial charge in [-0.1, -0.05) is 30.1 Å². The number of non-ortho nitro benzene ring substituents is 1. The highest BCUT2D eigenvalue weighted by Crippen LogP contribution is 2.33. The van der Waals surface area contributed by atoms with Crippen LogP contribution in [-0.4, -0.2) is 17.5 Å². The van der Waals surface area contributed by atoms with Crippen molar-refractivity contribution in [1.82, 2.24) is 0 Å². The van der Waals surface area contributed by atoms with E-state index in [9.17, 15) is 14.9 Å². The van der Waals surface area contributed by atoms with Crippen molar-refractivity contribution < 1.29 is 19.2 Å². The van der Waals surface area contributed by atoms with Crippen LogP contribution in [0.25, 0.3) is 0 Å². The maximum atomic E-state index is 12.0. The SMILES string of the molecule is CCCOC(=O)c1cc(Oc2ccc(Cl)cc2Cl)cc([N+](=O)[O-])c1. The molecule has 24 heavy (non-hydrogen) atoms. The molecule has 0 aliphatic heterocycles. The number of nitro benzene ring substituents is 1. The number of carbonyl (C=O) groups is 1. The Balaban J connectivity index is 2.36. The van der Waals surface area contributed by atoms with Gasteiger partial charge in [0.15, 0.2) is 0 Å². The molecule has 0 saturated carbocycles. The molecule has 126 valence electrons. The average molecular weight is 370 g/mol. The molecule has 0 unspecified atom stereocenters. The molecular formula is C16H13Cl2NO5. The van der Waals surface area contributed by atoms with Crippen LogP contribution < -0.4 is 4.74 Å². The molecule has 0 N–H and O–H groups in total. The molecule has 8 heteroatoms. The minimum absolute atomic E-state index is 0.0257. The molecule has 0 atom stereocenters. The third kappa shape index (κ3) is 4.59. The highest BCUT2D eigenvalue weighted by Gasteiger charge is 2.17. The normalized spacial score (nSPS) is 10.3. The number of esters is 1. The molecule has 0 amide bonds. The lowest BCUT2D eigenvalue weighted by molar-refractivity contribution is -0.384. The van der Waals surface area contributed by atoms with Crippen molar-refractivity contribution in [3.05, 3.63) is 62.1 Å². The van der Waals surface area contributed by atoms with E-state index in [-0.39, 0.29) is 34.4 Å². The summed E-state index contributed by atoms with van der Waals surface area (Å²) in [6, 6.07) is 8.26. The van der Waals surface area contributed by atoms with E-state index < -0.39 is 10.9 Å². The second-order valence-electron chi connectivity index (χ2n) is 4.79. The quantitative estimate of drug-likeness (QED) is 0.394. The van der Waals surface area contributed by atoms with Crippen LogP contribution in [0.15, 0.2) is 36.4 Å². The second-order valence-corrected chi connectivity index (χ2v) is 5.63. The fraction of sp³-hybridized carbons (Fsp3) is 0.188. The summed E-state index contributed by atoms with van der Waals surface area (Å²) in [6.07, 6.45) is 0.643. The Kier molecular flexibility index (Phi) is 6.00. The molecule has 0 aliphatic carbocycles. The first-order valence-corrected chi connectivity index (χ1v) is 7.76. The van der Waals surface area contributed by atoms with Gasteiger partial charge in [-0.05, 0) is 30.7 Å². The van der Waals surface area contributed by atoms with Crippen LogP contribution in [0.3, 0.4) is 0 Å². The Morgan fingerprint density at radius 3 is 2.58 bits per heavy atom. The molecule has 0 aliphatic rings.